The van der Waals surface area contributed by atoms with Gasteiger partial charge in [-0.25, -0.2) is 4.98 Å². The van der Waals surface area contributed by atoms with Crippen LogP contribution in [0.2, 0.25) is 0 Å². The molecule has 1 unspecified atom stereocenters. The van der Waals surface area contributed by atoms with E-state index in [0.29, 0.717) is 25.1 Å². The summed E-state index contributed by atoms with van der Waals surface area (Å²) in [7, 11) is 0. The van der Waals surface area contributed by atoms with Crippen molar-refractivity contribution in [3.8, 4) is 0 Å². The quantitative estimate of drug-likeness (QED) is 0.300. The Hall–Kier alpha value is -3.62. The van der Waals surface area contributed by atoms with Crippen LogP contribution < -0.4 is 5.32 Å². The maximum atomic E-state index is 13.7. The summed E-state index contributed by atoms with van der Waals surface area (Å²) in [5.74, 6) is -0.614. The summed E-state index contributed by atoms with van der Waals surface area (Å²) in [5, 5.41) is 2.81. The van der Waals surface area contributed by atoms with E-state index in [1.807, 2.05) is 18.2 Å². The number of carbonyl (C=O) groups excluding carboxylic acids is 2. The Bertz CT molecular complexity index is 1220. The Morgan fingerprint density at radius 1 is 1.10 bits per heavy atom. The zero-order valence-electron chi connectivity index (χ0n) is 22.1. The largest absolute Gasteiger partial charge is 0.416 e. The molecule has 2 heterocycles. The number of amides is 2. The number of hydrogen-bond donors (Lipinski definition) is 2. The number of aromatic nitrogens is 2. The van der Waals surface area contributed by atoms with E-state index in [0.717, 1.165) is 43.5 Å². The normalized spacial score (nSPS) is 15.4. The SMILES string of the molecule is CCCCCC1(c2ccccc2)CN(C(=O)C(Cc2cccc(C(F)(F)F)c2)NC(=O)CCc2cnc[nH]2)C1. The van der Waals surface area contributed by atoms with Gasteiger partial charge in [-0.05, 0) is 30.0 Å². The van der Waals surface area contributed by atoms with Crippen LogP contribution in [0.25, 0.3) is 0 Å². The van der Waals surface area contributed by atoms with E-state index >= 15 is 0 Å². The van der Waals surface area contributed by atoms with Crippen LogP contribution in [0.15, 0.2) is 67.1 Å². The first-order valence-corrected chi connectivity index (χ1v) is 13.5. The molecule has 1 saturated heterocycles. The lowest BCUT2D eigenvalue weighted by Crippen LogP contribution is -2.64. The Labute approximate surface area is 227 Å². The number of nitrogens with one attached hydrogen (secondary N) is 2. The summed E-state index contributed by atoms with van der Waals surface area (Å²) < 4.78 is 40.0. The molecule has 2 aromatic carbocycles. The van der Waals surface area contributed by atoms with Gasteiger partial charge in [-0.15, -0.1) is 0 Å². The van der Waals surface area contributed by atoms with Crippen LogP contribution in [-0.4, -0.2) is 45.8 Å². The van der Waals surface area contributed by atoms with Gasteiger partial charge in [-0.3, -0.25) is 9.59 Å². The van der Waals surface area contributed by atoms with Crippen molar-refractivity contribution in [2.75, 3.05) is 13.1 Å². The third kappa shape index (κ3) is 7.28. The monoisotopic (exact) mass is 540 g/mol. The van der Waals surface area contributed by atoms with Gasteiger partial charge in [0.2, 0.25) is 11.8 Å². The van der Waals surface area contributed by atoms with Crippen molar-refractivity contribution in [2.24, 2.45) is 0 Å². The predicted molar refractivity (Wildman–Crippen MR) is 143 cm³/mol. The number of likely N-dealkylation sites (tertiary alicyclic amines) is 1. The number of aryl methyl sites for hydroxylation is 1. The van der Waals surface area contributed by atoms with E-state index < -0.39 is 17.8 Å². The second-order valence-electron chi connectivity index (χ2n) is 10.4. The lowest BCUT2D eigenvalue weighted by atomic mass is 9.70. The molecule has 208 valence electrons. The van der Waals surface area contributed by atoms with Crippen molar-refractivity contribution in [3.05, 3.63) is 89.5 Å². The van der Waals surface area contributed by atoms with E-state index in [1.165, 1.54) is 18.0 Å². The molecular weight excluding hydrogens is 505 g/mol. The molecule has 4 rings (SSSR count). The van der Waals surface area contributed by atoms with E-state index in [2.05, 4.69) is 34.3 Å². The minimum atomic E-state index is -4.49. The smallest absolute Gasteiger partial charge is 0.348 e. The molecule has 0 saturated carbocycles. The van der Waals surface area contributed by atoms with Crippen molar-refractivity contribution in [1.82, 2.24) is 20.2 Å². The fraction of sp³-hybridized carbons (Fsp3) is 0.433. The minimum Gasteiger partial charge on any atom is -0.348 e. The maximum absolute atomic E-state index is 13.7. The molecule has 0 spiro atoms. The van der Waals surface area contributed by atoms with Crippen molar-refractivity contribution >= 4 is 11.8 Å². The second kappa shape index (κ2) is 12.5. The lowest BCUT2D eigenvalue weighted by molar-refractivity contribution is -0.143. The highest BCUT2D eigenvalue weighted by atomic mass is 19.4. The van der Waals surface area contributed by atoms with Gasteiger partial charge in [0, 0.05) is 43.2 Å². The minimum absolute atomic E-state index is 0.0246. The van der Waals surface area contributed by atoms with E-state index in [9.17, 15) is 22.8 Å². The maximum Gasteiger partial charge on any atom is 0.416 e. The number of aromatic amines is 1. The first-order valence-electron chi connectivity index (χ1n) is 13.5. The van der Waals surface area contributed by atoms with Gasteiger partial charge in [0.25, 0.3) is 0 Å². The van der Waals surface area contributed by atoms with Crippen LogP contribution in [-0.2, 0) is 34.0 Å². The van der Waals surface area contributed by atoms with E-state index in [1.54, 1.807) is 17.2 Å². The second-order valence-corrected chi connectivity index (χ2v) is 10.4. The molecule has 2 amide bonds. The molecule has 0 aliphatic carbocycles. The average Bonchev–Trinajstić information content (AvgIpc) is 3.42. The van der Waals surface area contributed by atoms with E-state index in [-0.39, 0.29) is 30.1 Å². The topological polar surface area (TPSA) is 78.1 Å². The van der Waals surface area contributed by atoms with Gasteiger partial charge in [0.1, 0.15) is 6.04 Å². The molecule has 39 heavy (non-hydrogen) atoms. The van der Waals surface area contributed by atoms with Crippen LogP contribution in [0, 0.1) is 0 Å². The fourth-order valence-electron chi connectivity index (χ4n) is 5.30. The number of H-pyrrole nitrogens is 1. The van der Waals surface area contributed by atoms with Crippen LogP contribution >= 0.6 is 0 Å². The van der Waals surface area contributed by atoms with Crippen LogP contribution in [0.1, 0.15) is 61.4 Å². The molecule has 1 atom stereocenters. The Balaban J connectivity index is 1.50. The standard InChI is InChI=1S/C30H35F3N4O2/c1-2-3-7-15-29(23-10-5-4-6-11-23)19-37(20-29)28(39)26(36-27(38)14-13-25-18-34-21-35-25)17-22-9-8-12-24(16-22)30(31,32)33/h4-6,8-12,16,18,21,26H,2-3,7,13-15,17,19-20H2,1H3,(H,34,35)(H,36,38). The Morgan fingerprint density at radius 2 is 1.87 bits per heavy atom. The molecule has 3 aromatic rings. The van der Waals surface area contributed by atoms with E-state index in [4.69, 9.17) is 0 Å². The molecule has 0 radical (unpaired) electrons. The van der Waals surface area contributed by atoms with Crippen molar-refractivity contribution in [2.45, 2.75) is 69.5 Å². The fourth-order valence-corrected chi connectivity index (χ4v) is 5.30. The van der Waals surface area contributed by atoms with Gasteiger partial charge in [0.05, 0.1) is 11.9 Å². The van der Waals surface area contributed by atoms with Crippen molar-refractivity contribution < 1.29 is 22.8 Å². The molecule has 1 aliphatic rings. The number of unbranched alkanes of at least 4 members (excludes halogenated alkanes) is 2. The number of carbonyl (C=O) groups is 2. The number of nitrogens with zero attached hydrogens (tertiary/aromatic N) is 2. The van der Waals surface area contributed by atoms with Gasteiger partial charge in [0.15, 0.2) is 0 Å². The molecule has 1 aliphatic heterocycles. The molecule has 6 nitrogen and oxygen atoms in total. The van der Waals surface area contributed by atoms with Gasteiger partial charge >= 0.3 is 6.18 Å². The number of hydrogen-bond acceptors (Lipinski definition) is 3. The van der Waals surface area contributed by atoms with Crippen LogP contribution in [0.3, 0.4) is 0 Å². The summed E-state index contributed by atoms with van der Waals surface area (Å²) in [6.45, 7) is 3.19. The number of benzene rings is 2. The predicted octanol–water partition coefficient (Wildman–Crippen LogP) is 5.45. The molecule has 9 heteroatoms. The molecule has 0 bridgehead atoms. The summed E-state index contributed by atoms with van der Waals surface area (Å²) >= 11 is 0. The highest BCUT2D eigenvalue weighted by molar-refractivity contribution is 5.88. The van der Waals surface area contributed by atoms with Crippen molar-refractivity contribution in [3.63, 3.8) is 0 Å². The van der Waals surface area contributed by atoms with Crippen molar-refractivity contribution in [1.29, 1.82) is 0 Å². The van der Waals surface area contributed by atoms with Crippen LogP contribution in [0.5, 0.6) is 0 Å². The Morgan fingerprint density at radius 3 is 2.54 bits per heavy atom. The van der Waals surface area contributed by atoms with Gasteiger partial charge in [-0.1, -0.05) is 74.7 Å². The number of rotatable bonds is 12. The zero-order chi connectivity index (χ0) is 27.9. The first-order chi connectivity index (χ1) is 18.7. The highest BCUT2D eigenvalue weighted by Crippen LogP contribution is 2.40. The first kappa shape index (κ1) is 28.4. The molecular formula is C30H35F3N4O2. The van der Waals surface area contributed by atoms with Gasteiger partial charge in [-0.2, -0.15) is 13.2 Å². The third-order valence-electron chi connectivity index (χ3n) is 7.45. The number of alkyl halides is 3. The summed E-state index contributed by atoms with van der Waals surface area (Å²) in [5.41, 5.74) is 1.38. The summed E-state index contributed by atoms with van der Waals surface area (Å²) in [6.07, 6.45) is 3.36. The average molecular weight is 541 g/mol. The van der Waals surface area contributed by atoms with Crippen LogP contribution in [0.4, 0.5) is 13.2 Å². The summed E-state index contributed by atoms with van der Waals surface area (Å²) in [4.78, 5) is 35.1. The number of halogens is 3. The molecule has 1 fully saturated rings. The Kier molecular flexibility index (Phi) is 9.09. The third-order valence-corrected chi connectivity index (χ3v) is 7.45. The lowest BCUT2D eigenvalue weighted by Gasteiger charge is -2.52. The highest BCUT2D eigenvalue weighted by Gasteiger charge is 2.47. The molecule has 1 aromatic heterocycles. The number of imidazole rings is 1. The zero-order valence-corrected chi connectivity index (χ0v) is 22.1. The summed E-state index contributed by atoms with van der Waals surface area (Å²) in [6, 6.07) is 14.1. The molecule has 2 N–H and O–H groups in total. The van der Waals surface area contributed by atoms with Gasteiger partial charge < -0.3 is 15.2 Å².